The number of nitriles is 1. The molecule has 0 aliphatic carbocycles. The first kappa shape index (κ1) is 19.8. The number of benzene rings is 2. The molecular weight excluding hydrogens is 364 g/mol. The average molecular weight is 384 g/mol. The van der Waals surface area contributed by atoms with Crippen molar-refractivity contribution in [1.82, 2.24) is 4.98 Å². The lowest BCUT2D eigenvalue weighted by Crippen LogP contribution is -2.17. The van der Waals surface area contributed by atoms with Gasteiger partial charge in [-0.2, -0.15) is 5.26 Å². The van der Waals surface area contributed by atoms with Crippen LogP contribution in [0.15, 0.2) is 60.9 Å². The van der Waals surface area contributed by atoms with Crippen LogP contribution < -0.4 is 10.6 Å². The average Bonchev–Trinajstić information content (AvgIpc) is 2.75. The molecule has 2 aromatic carbocycles. The molecule has 2 N–H and O–H groups in total. The number of rotatable bonds is 5. The molecule has 144 valence electrons. The van der Waals surface area contributed by atoms with Crippen LogP contribution in [0, 0.1) is 18.3 Å². The fraction of sp³-hybridized carbons (Fsp3) is 0.130. The number of nitrogens with zero attached hydrogens (tertiary/aromatic N) is 2. The molecule has 0 saturated heterocycles. The maximum absolute atomic E-state index is 12.7. The lowest BCUT2D eigenvalue weighted by Gasteiger charge is -2.13. The first-order valence-corrected chi connectivity index (χ1v) is 9.18. The minimum atomic E-state index is -0.444. The van der Waals surface area contributed by atoms with E-state index in [2.05, 4.69) is 15.6 Å². The monoisotopic (exact) mass is 384 g/mol. The van der Waals surface area contributed by atoms with Gasteiger partial charge in [0, 0.05) is 18.1 Å². The summed E-state index contributed by atoms with van der Waals surface area (Å²) >= 11 is 0. The van der Waals surface area contributed by atoms with Crippen LogP contribution in [0.2, 0.25) is 0 Å². The second kappa shape index (κ2) is 8.81. The summed E-state index contributed by atoms with van der Waals surface area (Å²) in [5.41, 5.74) is 4.04. The van der Waals surface area contributed by atoms with Crippen molar-refractivity contribution in [3.05, 3.63) is 88.7 Å². The maximum atomic E-state index is 12.7. The third kappa shape index (κ3) is 4.47. The topological polar surface area (TPSA) is 94.9 Å². The van der Waals surface area contributed by atoms with Gasteiger partial charge in [-0.3, -0.25) is 14.6 Å². The van der Waals surface area contributed by atoms with Crippen molar-refractivity contribution in [2.45, 2.75) is 20.3 Å². The standard InChI is InChI=1S/C23H20N4O2/c1-3-16-9-6-7-15(2)21(16)27-23(29)19-11-18(13-25-14-19)22(28)26-20-10-5-4-8-17(20)12-24/h4-11,13-14H,3H2,1-2H3,(H,26,28)(H,27,29). The molecule has 0 atom stereocenters. The summed E-state index contributed by atoms with van der Waals surface area (Å²) < 4.78 is 0. The van der Waals surface area contributed by atoms with Gasteiger partial charge in [0.25, 0.3) is 11.8 Å². The molecular formula is C23H20N4O2. The number of nitrogens with one attached hydrogen (secondary N) is 2. The van der Waals surface area contributed by atoms with E-state index >= 15 is 0 Å². The first-order chi connectivity index (χ1) is 14.0. The number of amides is 2. The molecule has 29 heavy (non-hydrogen) atoms. The van der Waals surface area contributed by atoms with Crippen LogP contribution in [0.4, 0.5) is 11.4 Å². The molecule has 2 amide bonds. The molecule has 0 aliphatic heterocycles. The van der Waals surface area contributed by atoms with Crippen LogP contribution in [0.1, 0.15) is 44.3 Å². The van der Waals surface area contributed by atoms with E-state index in [9.17, 15) is 9.59 Å². The fourth-order valence-electron chi connectivity index (χ4n) is 2.96. The Kier molecular flexibility index (Phi) is 6.00. The van der Waals surface area contributed by atoms with Gasteiger partial charge in [-0.15, -0.1) is 0 Å². The predicted octanol–water partition coefficient (Wildman–Crippen LogP) is 4.33. The van der Waals surface area contributed by atoms with Crippen LogP contribution >= 0.6 is 0 Å². The van der Waals surface area contributed by atoms with E-state index in [0.717, 1.165) is 23.2 Å². The van der Waals surface area contributed by atoms with Crippen molar-refractivity contribution >= 4 is 23.2 Å². The molecule has 1 aromatic heterocycles. The molecule has 3 aromatic rings. The number of pyridine rings is 1. The number of aryl methyl sites for hydroxylation is 2. The van der Waals surface area contributed by atoms with E-state index in [-0.39, 0.29) is 17.0 Å². The SMILES string of the molecule is CCc1cccc(C)c1NC(=O)c1cncc(C(=O)Nc2ccccc2C#N)c1. The third-order valence-electron chi connectivity index (χ3n) is 4.54. The Morgan fingerprint density at radius 1 is 1.00 bits per heavy atom. The molecule has 6 heteroatoms. The Hall–Kier alpha value is -3.98. The lowest BCUT2D eigenvalue weighted by molar-refractivity contribution is 0.102. The van der Waals surface area contributed by atoms with Crippen molar-refractivity contribution in [2.24, 2.45) is 0 Å². The molecule has 0 radical (unpaired) electrons. The van der Waals surface area contributed by atoms with E-state index in [1.165, 1.54) is 18.5 Å². The minimum Gasteiger partial charge on any atom is -0.321 e. The number of hydrogen-bond acceptors (Lipinski definition) is 4. The van der Waals surface area contributed by atoms with E-state index in [1.807, 2.05) is 38.1 Å². The molecule has 3 rings (SSSR count). The summed E-state index contributed by atoms with van der Waals surface area (Å²) in [5.74, 6) is -0.784. The smallest absolute Gasteiger partial charge is 0.257 e. The highest BCUT2D eigenvalue weighted by Gasteiger charge is 2.15. The normalized spacial score (nSPS) is 10.1. The Morgan fingerprint density at radius 3 is 2.38 bits per heavy atom. The van der Waals surface area contributed by atoms with Crippen LogP contribution in [0.5, 0.6) is 0 Å². The highest BCUT2D eigenvalue weighted by atomic mass is 16.2. The molecule has 0 fully saturated rings. The molecule has 0 aliphatic rings. The number of para-hydroxylation sites is 2. The zero-order valence-corrected chi connectivity index (χ0v) is 16.2. The first-order valence-electron chi connectivity index (χ1n) is 9.18. The van der Waals surface area contributed by atoms with Crippen LogP contribution in [0.3, 0.4) is 0 Å². The zero-order chi connectivity index (χ0) is 20.8. The van der Waals surface area contributed by atoms with Gasteiger partial charge in [0.15, 0.2) is 0 Å². The fourth-order valence-corrected chi connectivity index (χ4v) is 2.96. The van der Waals surface area contributed by atoms with E-state index in [1.54, 1.807) is 24.3 Å². The summed E-state index contributed by atoms with van der Waals surface area (Å²) in [6.45, 7) is 3.96. The summed E-state index contributed by atoms with van der Waals surface area (Å²) in [6.07, 6.45) is 3.59. The van der Waals surface area contributed by atoms with Crippen LogP contribution in [-0.4, -0.2) is 16.8 Å². The van der Waals surface area contributed by atoms with Crippen LogP contribution in [-0.2, 0) is 6.42 Å². The number of carbonyl (C=O) groups excluding carboxylic acids is 2. The Morgan fingerprint density at radius 2 is 1.69 bits per heavy atom. The van der Waals surface area contributed by atoms with Crippen molar-refractivity contribution in [3.8, 4) is 6.07 Å². The number of carbonyl (C=O) groups is 2. The van der Waals surface area contributed by atoms with E-state index < -0.39 is 5.91 Å². The van der Waals surface area contributed by atoms with Gasteiger partial charge in [0.1, 0.15) is 6.07 Å². The third-order valence-corrected chi connectivity index (χ3v) is 4.54. The maximum Gasteiger partial charge on any atom is 0.257 e. The Bertz CT molecular complexity index is 1120. The van der Waals surface area contributed by atoms with Crippen LogP contribution in [0.25, 0.3) is 0 Å². The molecule has 0 spiro atoms. The minimum absolute atomic E-state index is 0.228. The van der Waals surface area contributed by atoms with Crippen molar-refractivity contribution < 1.29 is 9.59 Å². The highest BCUT2D eigenvalue weighted by Crippen LogP contribution is 2.22. The zero-order valence-electron chi connectivity index (χ0n) is 16.2. The summed E-state index contributed by atoms with van der Waals surface area (Å²) in [5, 5.41) is 14.8. The van der Waals surface area contributed by atoms with Gasteiger partial charge in [-0.25, -0.2) is 0 Å². The summed E-state index contributed by atoms with van der Waals surface area (Å²) in [6, 6.07) is 16.1. The predicted molar refractivity (Wildman–Crippen MR) is 112 cm³/mol. The lowest BCUT2D eigenvalue weighted by atomic mass is 10.1. The second-order valence-electron chi connectivity index (χ2n) is 6.49. The number of anilines is 2. The molecule has 6 nitrogen and oxygen atoms in total. The van der Waals surface area contributed by atoms with Gasteiger partial charge in [-0.1, -0.05) is 37.3 Å². The van der Waals surface area contributed by atoms with Gasteiger partial charge in [0.05, 0.1) is 22.4 Å². The Labute approximate surface area is 169 Å². The quantitative estimate of drug-likeness (QED) is 0.684. The second-order valence-corrected chi connectivity index (χ2v) is 6.49. The summed E-state index contributed by atoms with van der Waals surface area (Å²) in [4.78, 5) is 29.4. The number of hydrogen-bond donors (Lipinski definition) is 2. The highest BCUT2D eigenvalue weighted by molar-refractivity contribution is 6.09. The largest absolute Gasteiger partial charge is 0.321 e. The number of aromatic nitrogens is 1. The van der Waals surface area contributed by atoms with Crippen molar-refractivity contribution in [2.75, 3.05) is 10.6 Å². The molecule has 0 saturated carbocycles. The van der Waals surface area contributed by atoms with Gasteiger partial charge in [0.2, 0.25) is 0 Å². The van der Waals surface area contributed by atoms with E-state index in [0.29, 0.717) is 11.3 Å². The molecule has 0 bridgehead atoms. The van der Waals surface area contributed by atoms with Gasteiger partial charge < -0.3 is 10.6 Å². The van der Waals surface area contributed by atoms with Gasteiger partial charge >= 0.3 is 0 Å². The van der Waals surface area contributed by atoms with Crippen molar-refractivity contribution in [1.29, 1.82) is 5.26 Å². The van der Waals surface area contributed by atoms with Gasteiger partial charge in [-0.05, 0) is 42.7 Å². The molecule has 1 heterocycles. The Balaban J connectivity index is 1.82. The summed E-state index contributed by atoms with van der Waals surface area (Å²) in [7, 11) is 0. The molecule has 0 unspecified atom stereocenters. The van der Waals surface area contributed by atoms with Crippen molar-refractivity contribution in [3.63, 3.8) is 0 Å². The van der Waals surface area contributed by atoms with E-state index in [4.69, 9.17) is 5.26 Å².